The first-order valence-corrected chi connectivity index (χ1v) is 9.75. The number of nitrogens with zero attached hydrogens (tertiary/aromatic N) is 2. The van der Waals surface area contributed by atoms with Crippen LogP contribution in [0.5, 0.6) is 11.5 Å². The third kappa shape index (κ3) is 5.62. The molecule has 0 bridgehead atoms. The van der Waals surface area contributed by atoms with Crippen molar-refractivity contribution in [1.82, 2.24) is 10.3 Å². The van der Waals surface area contributed by atoms with Crippen molar-refractivity contribution in [1.29, 1.82) is 0 Å². The molecule has 0 aliphatic heterocycles. The largest absolute Gasteiger partial charge is 0.493 e. The number of aromatic nitrogens is 1. The average Bonchev–Trinajstić information content (AvgIpc) is 3.10. The average molecular weight is 377 g/mol. The van der Waals surface area contributed by atoms with Crippen LogP contribution >= 0.6 is 11.3 Å². The van der Waals surface area contributed by atoms with Gasteiger partial charge in [-0.05, 0) is 26.0 Å². The second-order valence-corrected chi connectivity index (χ2v) is 6.84. The van der Waals surface area contributed by atoms with Crippen LogP contribution in [0.25, 0.3) is 0 Å². The minimum absolute atomic E-state index is 0.445. The molecule has 0 aliphatic rings. The Bertz CT molecular complexity index is 728. The van der Waals surface area contributed by atoms with Gasteiger partial charge in [0, 0.05) is 29.6 Å². The molecule has 6 nitrogen and oxygen atoms in total. The summed E-state index contributed by atoms with van der Waals surface area (Å²) < 4.78 is 11.0. The molecule has 142 valence electrons. The van der Waals surface area contributed by atoms with Gasteiger partial charge in [-0.2, -0.15) is 0 Å². The van der Waals surface area contributed by atoms with Gasteiger partial charge in [0.05, 0.1) is 31.0 Å². The number of methoxy groups -OCH3 is 1. The van der Waals surface area contributed by atoms with Crippen LogP contribution in [-0.4, -0.2) is 31.2 Å². The maximum absolute atomic E-state index is 5.56. The zero-order valence-corrected chi connectivity index (χ0v) is 16.9. The molecule has 0 spiro atoms. The van der Waals surface area contributed by atoms with Gasteiger partial charge >= 0.3 is 0 Å². The summed E-state index contributed by atoms with van der Waals surface area (Å²) in [4.78, 5) is 9.26. The maximum Gasteiger partial charge on any atom is 0.196 e. The van der Waals surface area contributed by atoms with Gasteiger partial charge in [0.2, 0.25) is 0 Å². The summed E-state index contributed by atoms with van der Waals surface area (Å²) in [5.74, 6) is 2.57. The lowest BCUT2D eigenvalue weighted by molar-refractivity contribution is 0.311. The Hall–Kier alpha value is -2.28. The SMILES string of the molecule is CCNC(=NCc1csc(C(C)C)n1)Nc1ccc(OCC)c(OC)c1. The Morgan fingerprint density at radius 2 is 2.08 bits per heavy atom. The van der Waals surface area contributed by atoms with Crippen LogP contribution in [-0.2, 0) is 6.54 Å². The summed E-state index contributed by atoms with van der Waals surface area (Å²) in [5.41, 5.74) is 1.87. The Labute approximate surface area is 159 Å². The van der Waals surface area contributed by atoms with Crippen molar-refractivity contribution in [2.45, 2.75) is 40.2 Å². The molecular weight excluding hydrogens is 348 g/mol. The first-order valence-electron chi connectivity index (χ1n) is 8.87. The van der Waals surface area contributed by atoms with Crippen LogP contribution in [0.15, 0.2) is 28.6 Å². The van der Waals surface area contributed by atoms with Crippen molar-refractivity contribution in [3.8, 4) is 11.5 Å². The number of thiazole rings is 1. The summed E-state index contributed by atoms with van der Waals surface area (Å²) in [5, 5.41) is 9.77. The van der Waals surface area contributed by atoms with E-state index in [1.807, 2.05) is 32.0 Å². The highest BCUT2D eigenvalue weighted by molar-refractivity contribution is 7.09. The van der Waals surface area contributed by atoms with Gasteiger partial charge in [0.15, 0.2) is 17.5 Å². The van der Waals surface area contributed by atoms with Gasteiger partial charge in [-0.1, -0.05) is 13.8 Å². The Balaban J connectivity index is 2.11. The normalized spacial score (nSPS) is 11.5. The number of rotatable bonds is 8. The number of guanidine groups is 1. The van der Waals surface area contributed by atoms with E-state index in [0.29, 0.717) is 30.8 Å². The van der Waals surface area contributed by atoms with E-state index in [1.165, 1.54) is 0 Å². The highest BCUT2D eigenvalue weighted by Crippen LogP contribution is 2.30. The molecule has 0 aliphatic carbocycles. The summed E-state index contributed by atoms with van der Waals surface area (Å²) in [7, 11) is 1.63. The second kappa shape index (κ2) is 10.0. The van der Waals surface area contributed by atoms with Gasteiger partial charge in [0.25, 0.3) is 0 Å². The molecule has 0 saturated carbocycles. The van der Waals surface area contributed by atoms with Gasteiger partial charge in [0.1, 0.15) is 0 Å². The zero-order chi connectivity index (χ0) is 18.9. The van der Waals surface area contributed by atoms with Crippen molar-refractivity contribution < 1.29 is 9.47 Å². The van der Waals surface area contributed by atoms with E-state index in [9.17, 15) is 0 Å². The van der Waals surface area contributed by atoms with Gasteiger partial charge in [-0.3, -0.25) is 0 Å². The predicted octanol–water partition coefficient (Wildman–Crippen LogP) is 4.25. The van der Waals surface area contributed by atoms with Crippen molar-refractivity contribution in [3.05, 3.63) is 34.3 Å². The molecular formula is C19H28N4O2S. The number of nitrogens with one attached hydrogen (secondary N) is 2. The summed E-state index contributed by atoms with van der Waals surface area (Å²) in [6.07, 6.45) is 0. The molecule has 1 aromatic heterocycles. The van der Waals surface area contributed by atoms with E-state index in [0.717, 1.165) is 28.7 Å². The number of ether oxygens (including phenoxy) is 2. The Morgan fingerprint density at radius 3 is 2.69 bits per heavy atom. The fourth-order valence-corrected chi connectivity index (χ4v) is 3.11. The maximum atomic E-state index is 5.56. The molecule has 7 heteroatoms. The van der Waals surface area contributed by atoms with Crippen LogP contribution in [0.1, 0.15) is 44.3 Å². The quantitative estimate of drug-likeness (QED) is 0.532. The smallest absolute Gasteiger partial charge is 0.196 e. The third-order valence-corrected chi connectivity index (χ3v) is 4.73. The topological polar surface area (TPSA) is 67.8 Å². The number of aliphatic imine (C=N–C) groups is 1. The highest BCUT2D eigenvalue weighted by Gasteiger charge is 2.08. The fourth-order valence-electron chi connectivity index (χ4n) is 2.28. The third-order valence-electron chi connectivity index (χ3n) is 3.53. The number of benzene rings is 1. The molecule has 1 aromatic carbocycles. The van der Waals surface area contributed by atoms with E-state index in [4.69, 9.17) is 9.47 Å². The molecule has 0 fully saturated rings. The summed E-state index contributed by atoms with van der Waals surface area (Å²) in [6, 6.07) is 5.74. The zero-order valence-electron chi connectivity index (χ0n) is 16.1. The van der Waals surface area contributed by atoms with Gasteiger partial charge in [-0.25, -0.2) is 9.98 Å². The van der Waals surface area contributed by atoms with Gasteiger partial charge < -0.3 is 20.1 Å². The Morgan fingerprint density at radius 1 is 1.27 bits per heavy atom. The monoisotopic (exact) mass is 376 g/mol. The first kappa shape index (κ1) is 20.0. The number of hydrogen-bond acceptors (Lipinski definition) is 5. The van der Waals surface area contributed by atoms with Crippen LogP contribution < -0.4 is 20.1 Å². The molecule has 2 rings (SSSR count). The lowest BCUT2D eigenvalue weighted by Gasteiger charge is -2.14. The second-order valence-electron chi connectivity index (χ2n) is 5.95. The first-order chi connectivity index (χ1) is 12.6. The van der Waals surface area contributed by atoms with E-state index in [2.05, 4.69) is 39.8 Å². The van der Waals surface area contributed by atoms with Crippen molar-refractivity contribution in [3.63, 3.8) is 0 Å². The Kier molecular flexibility index (Phi) is 7.72. The molecule has 0 amide bonds. The standard InChI is InChI=1S/C19H28N4O2S/c1-6-20-19(21-11-15-12-26-18(22-15)13(3)4)23-14-8-9-16(25-7-2)17(10-14)24-5/h8-10,12-13H,6-7,11H2,1-5H3,(H2,20,21,23). The molecule has 2 aromatic rings. The number of hydrogen-bond donors (Lipinski definition) is 2. The summed E-state index contributed by atoms with van der Waals surface area (Å²) in [6.45, 7) is 10.2. The summed E-state index contributed by atoms with van der Waals surface area (Å²) >= 11 is 1.69. The molecule has 1 heterocycles. The molecule has 2 N–H and O–H groups in total. The molecule has 0 radical (unpaired) electrons. The highest BCUT2D eigenvalue weighted by atomic mass is 32.1. The lowest BCUT2D eigenvalue weighted by Crippen LogP contribution is -2.30. The van der Waals surface area contributed by atoms with Crippen LogP contribution in [0.4, 0.5) is 5.69 Å². The molecule has 26 heavy (non-hydrogen) atoms. The number of anilines is 1. The van der Waals surface area contributed by atoms with E-state index in [-0.39, 0.29) is 0 Å². The fraction of sp³-hybridized carbons (Fsp3) is 0.474. The van der Waals surface area contributed by atoms with Crippen LogP contribution in [0.2, 0.25) is 0 Å². The predicted molar refractivity (Wildman–Crippen MR) is 109 cm³/mol. The molecule has 0 unspecified atom stereocenters. The van der Waals surface area contributed by atoms with Crippen LogP contribution in [0.3, 0.4) is 0 Å². The van der Waals surface area contributed by atoms with Crippen LogP contribution in [0, 0.1) is 0 Å². The van der Waals surface area contributed by atoms with E-state index in [1.54, 1.807) is 18.4 Å². The minimum Gasteiger partial charge on any atom is -0.493 e. The minimum atomic E-state index is 0.445. The van der Waals surface area contributed by atoms with Crippen molar-refractivity contribution >= 4 is 23.0 Å². The van der Waals surface area contributed by atoms with Crippen molar-refractivity contribution in [2.75, 3.05) is 25.6 Å². The molecule has 0 atom stereocenters. The van der Waals surface area contributed by atoms with Gasteiger partial charge in [-0.15, -0.1) is 11.3 Å². The van der Waals surface area contributed by atoms with E-state index >= 15 is 0 Å². The van der Waals surface area contributed by atoms with E-state index < -0.39 is 0 Å². The van der Waals surface area contributed by atoms with Crippen molar-refractivity contribution in [2.24, 2.45) is 4.99 Å². The molecule has 0 saturated heterocycles. The lowest BCUT2D eigenvalue weighted by atomic mass is 10.2.